The zero-order chi connectivity index (χ0) is 9.42. The molecule has 1 aliphatic rings. The molecule has 0 unspecified atom stereocenters. The first-order valence-electron chi connectivity index (χ1n) is 4.37. The zero-order valence-corrected chi connectivity index (χ0v) is 8.21. The van der Waals surface area contributed by atoms with Gasteiger partial charge < -0.3 is 5.32 Å². The summed E-state index contributed by atoms with van der Waals surface area (Å²) < 4.78 is 13.5. The summed E-state index contributed by atoms with van der Waals surface area (Å²) in [6.07, 6.45) is 0.739. The Kier molecular flexibility index (Phi) is 2.26. The lowest BCUT2D eigenvalue weighted by Gasteiger charge is -2.20. The van der Waals surface area contributed by atoms with E-state index in [9.17, 15) is 4.39 Å². The highest BCUT2D eigenvalue weighted by Crippen LogP contribution is 2.27. The van der Waals surface area contributed by atoms with E-state index in [2.05, 4.69) is 5.32 Å². The molecule has 0 saturated carbocycles. The first kappa shape index (κ1) is 8.97. The van der Waals surface area contributed by atoms with E-state index in [1.165, 1.54) is 0 Å². The number of benzene rings is 1. The molecule has 1 aliphatic heterocycles. The largest absolute Gasteiger partial charge is 0.312 e. The number of hydrogen-bond donors (Lipinski definition) is 1. The van der Waals surface area contributed by atoms with Crippen LogP contribution in [0.5, 0.6) is 0 Å². The van der Waals surface area contributed by atoms with Gasteiger partial charge in [-0.1, -0.05) is 11.6 Å². The van der Waals surface area contributed by atoms with Crippen molar-refractivity contribution in [3.8, 4) is 0 Å². The summed E-state index contributed by atoms with van der Waals surface area (Å²) in [4.78, 5) is 0. The fraction of sp³-hybridized carbons (Fsp3) is 0.400. The molecule has 1 heterocycles. The van der Waals surface area contributed by atoms with Crippen LogP contribution in [0.2, 0.25) is 5.02 Å². The number of fused-ring (bicyclic) bond motifs is 1. The first-order chi connectivity index (χ1) is 6.20. The predicted molar refractivity (Wildman–Crippen MR) is 51.6 cm³/mol. The molecule has 1 N–H and O–H groups in total. The average molecular weight is 200 g/mol. The second kappa shape index (κ2) is 3.28. The number of halogens is 2. The lowest BCUT2D eigenvalue weighted by atomic mass is 9.96. The van der Waals surface area contributed by atoms with Crippen molar-refractivity contribution in [1.82, 2.24) is 5.32 Å². The van der Waals surface area contributed by atoms with Crippen molar-refractivity contribution in [2.45, 2.75) is 19.9 Å². The van der Waals surface area contributed by atoms with Crippen LogP contribution in [0.3, 0.4) is 0 Å². The Bertz CT molecular complexity index is 349. The molecule has 0 bridgehead atoms. The Morgan fingerprint density at radius 2 is 2.23 bits per heavy atom. The Labute approximate surface area is 81.9 Å². The van der Waals surface area contributed by atoms with Gasteiger partial charge in [-0.3, -0.25) is 0 Å². The number of rotatable bonds is 0. The standard InChI is InChI=1S/C10H11ClFN/c1-6-4-9(11)10(12)7-2-3-13-5-8(6)7/h4,13H,2-3,5H2,1H3. The van der Waals surface area contributed by atoms with E-state index in [0.717, 1.165) is 36.2 Å². The van der Waals surface area contributed by atoms with E-state index in [1.807, 2.05) is 6.92 Å². The van der Waals surface area contributed by atoms with Crippen LogP contribution in [0.25, 0.3) is 0 Å². The Morgan fingerprint density at radius 3 is 3.00 bits per heavy atom. The SMILES string of the molecule is Cc1cc(Cl)c(F)c2c1CNCC2. The minimum atomic E-state index is -0.233. The fourth-order valence-electron chi connectivity index (χ4n) is 1.79. The molecule has 2 rings (SSSR count). The van der Waals surface area contributed by atoms with Crippen LogP contribution in [-0.4, -0.2) is 6.54 Å². The summed E-state index contributed by atoms with van der Waals surface area (Å²) in [5, 5.41) is 3.47. The minimum absolute atomic E-state index is 0.233. The summed E-state index contributed by atoms with van der Waals surface area (Å²) in [7, 11) is 0. The van der Waals surface area contributed by atoms with Gasteiger partial charge in [-0.05, 0) is 42.6 Å². The summed E-state index contributed by atoms with van der Waals surface area (Å²) in [6, 6.07) is 1.70. The minimum Gasteiger partial charge on any atom is -0.312 e. The summed E-state index contributed by atoms with van der Waals surface area (Å²) >= 11 is 5.76. The number of aryl methyl sites for hydroxylation is 1. The third-order valence-corrected chi connectivity index (χ3v) is 2.79. The maximum atomic E-state index is 13.5. The molecule has 0 aromatic heterocycles. The van der Waals surface area contributed by atoms with Gasteiger partial charge in [0.05, 0.1) is 5.02 Å². The average Bonchev–Trinajstić information content (AvgIpc) is 2.15. The Balaban J connectivity index is 2.63. The number of nitrogens with one attached hydrogen (secondary N) is 1. The molecule has 1 aromatic rings. The first-order valence-corrected chi connectivity index (χ1v) is 4.75. The molecule has 0 aliphatic carbocycles. The highest BCUT2D eigenvalue weighted by Gasteiger charge is 2.17. The molecular formula is C10H11ClFN. The summed E-state index contributed by atoms with van der Waals surface area (Å²) in [6.45, 7) is 3.57. The fourth-order valence-corrected chi connectivity index (χ4v) is 2.07. The molecule has 0 atom stereocenters. The molecule has 70 valence electrons. The quantitative estimate of drug-likeness (QED) is 0.677. The predicted octanol–water partition coefficient (Wildman–Crippen LogP) is 2.43. The molecule has 1 nitrogen and oxygen atoms in total. The van der Waals surface area contributed by atoms with Crippen molar-refractivity contribution < 1.29 is 4.39 Å². The van der Waals surface area contributed by atoms with Crippen molar-refractivity contribution in [1.29, 1.82) is 0 Å². The van der Waals surface area contributed by atoms with Crippen molar-refractivity contribution in [3.63, 3.8) is 0 Å². The van der Waals surface area contributed by atoms with Crippen LogP contribution in [-0.2, 0) is 13.0 Å². The van der Waals surface area contributed by atoms with E-state index in [0.29, 0.717) is 0 Å². The molecule has 3 heteroatoms. The second-order valence-corrected chi connectivity index (χ2v) is 3.78. The van der Waals surface area contributed by atoms with Crippen LogP contribution in [0, 0.1) is 12.7 Å². The monoisotopic (exact) mass is 199 g/mol. The normalized spacial score (nSPS) is 15.6. The zero-order valence-electron chi connectivity index (χ0n) is 7.45. The van der Waals surface area contributed by atoms with Gasteiger partial charge in [0, 0.05) is 6.54 Å². The second-order valence-electron chi connectivity index (χ2n) is 3.37. The van der Waals surface area contributed by atoms with Gasteiger partial charge >= 0.3 is 0 Å². The van der Waals surface area contributed by atoms with E-state index < -0.39 is 0 Å². The highest BCUT2D eigenvalue weighted by molar-refractivity contribution is 6.30. The van der Waals surface area contributed by atoms with E-state index >= 15 is 0 Å². The molecule has 0 amide bonds. The molecule has 0 radical (unpaired) electrons. The van der Waals surface area contributed by atoms with Gasteiger partial charge in [0.25, 0.3) is 0 Å². The topological polar surface area (TPSA) is 12.0 Å². The van der Waals surface area contributed by atoms with Gasteiger partial charge in [0.2, 0.25) is 0 Å². The lowest BCUT2D eigenvalue weighted by molar-refractivity contribution is 0.567. The molecule has 13 heavy (non-hydrogen) atoms. The highest BCUT2D eigenvalue weighted by atomic mass is 35.5. The van der Waals surface area contributed by atoms with Gasteiger partial charge in [-0.2, -0.15) is 0 Å². The lowest BCUT2D eigenvalue weighted by Crippen LogP contribution is -2.25. The third kappa shape index (κ3) is 1.45. The van der Waals surface area contributed by atoms with Crippen LogP contribution in [0.1, 0.15) is 16.7 Å². The van der Waals surface area contributed by atoms with E-state index in [4.69, 9.17) is 11.6 Å². The van der Waals surface area contributed by atoms with Crippen molar-refractivity contribution in [2.75, 3.05) is 6.54 Å². The van der Waals surface area contributed by atoms with Crippen LogP contribution in [0.4, 0.5) is 4.39 Å². The van der Waals surface area contributed by atoms with Gasteiger partial charge in [0.15, 0.2) is 0 Å². The van der Waals surface area contributed by atoms with Crippen molar-refractivity contribution in [3.05, 3.63) is 33.6 Å². The van der Waals surface area contributed by atoms with Crippen molar-refractivity contribution in [2.24, 2.45) is 0 Å². The summed E-state index contributed by atoms with van der Waals surface area (Å²) in [5.74, 6) is -0.233. The molecule has 0 fully saturated rings. The smallest absolute Gasteiger partial charge is 0.145 e. The Hall–Kier alpha value is -0.600. The maximum Gasteiger partial charge on any atom is 0.145 e. The third-order valence-electron chi connectivity index (χ3n) is 2.51. The number of hydrogen-bond acceptors (Lipinski definition) is 1. The van der Waals surface area contributed by atoms with Gasteiger partial charge in [-0.25, -0.2) is 4.39 Å². The maximum absolute atomic E-state index is 13.5. The van der Waals surface area contributed by atoms with Crippen LogP contribution in [0.15, 0.2) is 6.07 Å². The van der Waals surface area contributed by atoms with Crippen LogP contribution >= 0.6 is 11.6 Å². The molecule has 1 aromatic carbocycles. The van der Waals surface area contributed by atoms with Crippen molar-refractivity contribution >= 4 is 11.6 Å². The van der Waals surface area contributed by atoms with Gasteiger partial charge in [-0.15, -0.1) is 0 Å². The molecule has 0 saturated heterocycles. The molecular weight excluding hydrogens is 189 g/mol. The van der Waals surface area contributed by atoms with E-state index in [1.54, 1.807) is 6.07 Å². The molecule has 0 spiro atoms. The Morgan fingerprint density at radius 1 is 1.46 bits per heavy atom. The summed E-state index contributed by atoms with van der Waals surface area (Å²) in [5.41, 5.74) is 2.95. The van der Waals surface area contributed by atoms with E-state index in [-0.39, 0.29) is 10.8 Å². The van der Waals surface area contributed by atoms with Crippen LogP contribution < -0.4 is 5.32 Å². The van der Waals surface area contributed by atoms with Gasteiger partial charge in [0.1, 0.15) is 5.82 Å².